The largest absolute Gasteiger partial charge is 0.322 e. The van der Waals surface area contributed by atoms with Gasteiger partial charge in [0.15, 0.2) is 0 Å². The number of nitrogens with zero attached hydrogens (tertiary/aromatic N) is 2. The highest BCUT2D eigenvalue weighted by molar-refractivity contribution is 5.90. The van der Waals surface area contributed by atoms with E-state index < -0.39 is 0 Å². The van der Waals surface area contributed by atoms with Gasteiger partial charge in [-0.3, -0.25) is 4.90 Å². The molecule has 1 N–H and O–H groups in total. The summed E-state index contributed by atoms with van der Waals surface area (Å²) in [6, 6.07) is 14.8. The highest BCUT2D eigenvalue weighted by Crippen LogP contribution is 2.24. The fourth-order valence-electron chi connectivity index (χ4n) is 3.46. The maximum absolute atomic E-state index is 13.7. The summed E-state index contributed by atoms with van der Waals surface area (Å²) in [6.07, 6.45) is 0.695. The Kier molecular flexibility index (Phi) is 6.45. The van der Waals surface area contributed by atoms with Crippen molar-refractivity contribution >= 4 is 11.7 Å². The average molecular weight is 369 g/mol. The molecule has 0 radical (unpaired) electrons. The van der Waals surface area contributed by atoms with Crippen LogP contribution < -0.4 is 5.32 Å². The molecular formula is C22H28FN3O. The number of hydrogen-bond acceptors (Lipinski definition) is 2. The smallest absolute Gasteiger partial charge is 0.321 e. The second-order valence-electron chi connectivity index (χ2n) is 7.34. The van der Waals surface area contributed by atoms with Crippen molar-refractivity contribution in [1.29, 1.82) is 0 Å². The second kappa shape index (κ2) is 9.00. The topological polar surface area (TPSA) is 35.6 Å². The van der Waals surface area contributed by atoms with Crippen LogP contribution in [0.2, 0.25) is 0 Å². The summed E-state index contributed by atoms with van der Waals surface area (Å²) in [6.45, 7) is 8.06. The third kappa shape index (κ3) is 5.07. The van der Waals surface area contributed by atoms with Gasteiger partial charge in [0.05, 0.1) is 0 Å². The first kappa shape index (κ1) is 19.4. The normalized spacial score (nSPS) is 15.2. The van der Waals surface area contributed by atoms with Crippen LogP contribution in [0, 0.1) is 5.82 Å². The zero-order chi connectivity index (χ0) is 19.2. The molecule has 3 rings (SSSR count). The first-order valence-corrected chi connectivity index (χ1v) is 9.65. The molecule has 0 spiro atoms. The number of piperazine rings is 1. The van der Waals surface area contributed by atoms with Crippen molar-refractivity contribution in [2.24, 2.45) is 0 Å². The maximum atomic E-state index is 13.7. The van der Waals surface area contributed by atoms with Crippen molar-refractivity contribution < 1.29 is 9.18 Å². The number of carbonyl (C=O) groups excluding carboxylic acids is 1. The van der Waals surface area contributed by atoms with Gasteiger partial charge in [-0.25, -0.2) is 9.18 Å². The van der Waals surface area contributed by atoms with Gasteiger partial charge in [0.25, 0.3) is 0 Å². The lowest BCUT2D eigenvalue weighted by molar-refractivity contribution is 0.148. The van der Waals surface area contributed by atoms with Gasteiger partial charge in [-0.1, -0.05) is 50.2 Å². The van der Waals surface area contributed by atoms with Gasteiger partial charge < -0.3 is 10.2 Å². The Morgan fingerprint density at radius 2 is 1.70 bits per heavy atom. The Morgan fingerprint density at radius 1 is 1.04 bits per heavy atom. The summed E-state index contributed by atoms with van der Waals surface area (Å²) in [7, 11) is 0. The highest BCUT2D eigenvalue weighted by atomic mass is 19.1. The number of amides is 2. The Balaban J connectivity index is 1.49. The second-order valence-corrected chi connectivity index (χ2v) is 7.34. The number of benzene rings is 2. The number of halogens is 1. The monoisotopic (exact) mass is 369 g/mol. The molecule has 144 valence electrons. The van der Waals surface area contributed by atoms with Crippen molar-refractivity contribution in [2.75, 3.05) is 38.0 Å². The molecule has 27 heavy (non-hydrogen) atoms. The quantitative estimate of drug-likeness (QED) is 0.851. The zero-order valence-electron chi connectivity index (χ0n) is 16.1. The molecule has 2 aromatic carbocycles. The summed E-state index contributed by atoms with van der Waals surface area (Å²) in [4.78, 5) is 16.8. The Labute approximate surface area is 161 Å². The van der Waals surface area contributed by atoms with E-state index >= 15 is 0 Å². The lowest BCUT2D eigenvalue weighted by atomic mass is 10.0. The van der Waals surface area contributed by atoms with Crippen LogP contribution in [0.3, 0.4) is 0 Å². The van der Waals surface area contributed by atoms with E-state index in [-0.39, 0.29) is 11.8 Å². The fourth-order valence-corrected chi connectivity index (χ4v) is 3.46. The predicted molar refractivity (Wildman–Crippen MR) is 108 cm³/mol. The average Bonchev–Trinajstić information content (AvgIpc) is 2.68. The standard InChI is InChI=1S/C22H28FN3O/c1-17(2)19-8-4-6-10-21(19)24-22(27)26-15-13-25(14-16-26)12-11-18-7-3-5-9-20(18)23/h3-10,17H,11-16H2,1-2H3,(H,24,27). The van der Waals surface area contributed by atoms with E-state index in [1.165, 1.54) is 6.07 Å². The summed E-state index contributed by atoms with van der Waals surface area (Å²) < 4.78 is 13.7. The van der Waals surface area contributed by atoms with E-state index in [0.717, 1.165) is 36.4 Å². The van der Waals surface area contributed by atoms with Crippen LogP contribution >= 0.6 is 0 Å². The lowest BCUT2D eigenvalue weighted by Crippen LogP contribution is -2.50. The Morgan fingerprint density at radius 3 is 2.41 bits per heavy atom. The molecule has 5 heteroatoms. The Hall–Kier alpha value is -2.40. The van der Waals surface area contributed by atoms with Crippen molar-refractivity contribution in [2.45, 2.75) is 26.2 Å². The molecule has 1 fully saturated rings. The molecule has 2 aromatic rings. The zero-order valence-corrected chi connectivity index (χ0v) is 16.1. The molecule has 2 amide bonds. The van der Waals surface area contributed by atoms with Crippen LogP contribution in [0.15, 0.2) is 48.5 Å². The highest BCUT2D eigenvalue weighted by Gasteiger charge is 2.22. The molecule has 0 aromatic heterocycles. The minimum atomic E-state index is -0.140. The molecule has 0 unspecified atom stereocenters. The predicted octanol–water partition coefficient (Wildman–Crippen LogP) is 4.34. The molecule has 1 saturated heterocycles. The Bertz CT molecular complexity index is 770. The molecule has 1 heterocycles. The minimum Gasteiger partial charge on any atom is -0.322 e. The van der Waals surface area contributed by atoms with Gasteiger partial charge in [-0.2, -0.15) is 0 Å². The molecule has 4 nitrogen and oxygen atoms in total. The van der Waals surface area contributed by atoms with Crippen molar-refractivity contribution in [3.8, 4) is 0 Å². The third-order valence-corrected chi connectivity index (χ3v) is 5.14. The molecule has 0 atom stereocenters. The SMILES string of the molecule is CC(C)c1ccccc1NC(=O)N1CCN(CCc2ccccc2F)CC1. The van der Waals surface area contributed by atoms with Crippen LogP contribution in [0.25, 0.3) is 0 Å². The molecule has 0 saturated carbocycles. The number of nitrogens with one attached hydrogen (secondary N) is 1. The van der Waals surface area contributed by atoms with Gasteiger partial charge in [0, 0.05) is 38.4 Å². The van der Waals surface area contributed by atoms with Crippen LogP contribution in [0.1, 0.15) is 30.9 Å². The fraction of sp³-hybridized carbons (Fsp3) is 0.409. The van der Waals surface area contributed by atoms with E-state index in [1.807, 2.05) is 35.2 Å². The molecule has 0 aliphatic carbocycles. The minimum absolute atomic E-state index is 0.0446. The molecule has 0 bridgehead atoms. The third-order valence-electron chi connectivity index (χ3n) is 5.14. The van der Waals surface area contributed by atoms with Crippen LogP contribution in [0.5, 0.6) is 0 Å². The van der Waals surface area contributed by atoms with E-state index in [2.05, 4.69) is 30.1 Å². The first-order valence-electron chi connectivity index (χ1n) is 9.65. The number of para-hydroxylation sites is 1. The van der Waals surface area contributed by atoms with Gasteiger partial charge in [0.2, 0.25) is 0 Å². The number of urea groups is 1. The van der Waals surface area contributed by atoms with E-state index in [0.29, 0.717) is 25.4 Å². The number of anilines is 1. The van der Waals surface area contributed by atoms with E-state index in [4.69, 9.17) is 0 Å². The van der Waals surface area contributed by atoms with Crippen LogP contribution in [0.4, 0.5) is 14.9 Å². The van der Waals surface area contributed by atoms with Gasteiger partial charge in [-0.05, 0) is 35.6 Å². The number of hydrogen-bond donors (Lipinski definition) is 1. The molecule has 1 aliphatic heterocycles. The molecule has 1 aliphatic rings. The van der Waals surface area contributed by atoms with Crippen molar-refractivity contribution in [3.05, 3.63) is 65.5 Å². The van der Waals surface area contributed by atoms with Gasteiger partial charge >= 0.3 is 6.03 Å². The van der Waals surface area contributed by atoms with Crippen molar-refractivity contribution in [3.63, 3.8) is 0 Å². The van der Waals surface area contributed by atoms with Gasteiger partial charge in [0.1, 0.15) is 5.82 Å². The summed E-state index contributed by atoms with van der Waals surface area (Å²) >= 11 is 0. The first-order chi connectivity index (χ1) is 13.0. The van der Waals surface area contributed by atoms with Crippen LogP contribution in [-0.2, 0) is 6.42 Å². The summed E-state index contributed by atoms with van der Waals surface area (Å²) in [5, 5.41) is 3.06. The maximum Gasteiger partial charge on any atom is 0.321 e. The van der Waals surface area contributed by atoms with E-state index in [1.54, 1.807) is 6.07 Å². The number of carbonyl (C=O) groups is 1. The van der Waals surface area contributed by atoms with E-state index in [9.17, 15) is 9.18 Å². The van der Waals surface area contributed by atoms with Gasteiger partial charge in [-0.15, -0.1) is 0 Å². The lowest BCUT2D eigenvalue weighted by Gasteiger charge is -2.35. The van der Waals surface area contributed by atoms with Crippen molar-refractivity contribution in [1.82, 2.24) is 9.80 Å². The summed E-state index contributed by atoms with van der Waals surface area (Å²) in [5.41, 5.74) is 2.79. The van der Waals surface area contributed by atoms with Crippen LogP contribution in [-0.4, -0.2) is 48.6 Å². The summed E-state index contributed by atoms with van der Waals surface area (Å²) in [5.74, 6) is 0.219. The number of rotatable bonds is 5. The molecular weight excluding hydrogens is 341 g/mol.